The zero-order valence-electron chi connectivity index (χ0n) is 12.9. The van der Waals surface area contributed by atoms with E-state index in [9.17, 15) is 14.9 Å². The van der Waals surface area contributed by atoms with Gasteiger partial charge < -0.3 is 5.32 Å². The summed E-state index contributed by atoms with van der Waals surface area (Å²) in [4.78, 5) is 27.0. The number of nitrogens with one attached hydrogen (secondary N) is 1. The van der Waals surface area contributed by atoms with E-state index in [0.717, 1.165) is 16.8 Å². The third-order valence-electron chi connectivity index (χ3n) is 3.66. The van der Waals surface area contributed by atoms with Crippen molar-refractivity contribution in [3.63, 3.8) is 0 Å². The Morgan fingerprint density at radius 2 is 2.04 bits per heavy atom. The Morgan fingerprint density at radius 3 is 2.79 bits per heavy atom. The number of benzene rings is 2. The van der Waals surface area contributed by atoms with Crippen molar-refractivity contribution in [2.75, 3.05) is 0 Å². The quantitative estimate of drug-likeness (QED) is 0.682. The lowest BCUT2D eigenvalue weighted by atomic mass is 10.1. The number of non-ortho nitro benzene ring substituents is 1. The standard InChI is InChI=1S/C17H15N3O3S/c1-11-5-2-3-8-14(11)18-17-19-16(21)15(24-17)10-12-6-4-7-13(9-12)20(22)23/h2-9,15H,10H2,1H3,(H,18,19,21). The molecule has 0 radical (unpaired) electrons. The molecule has 0 aliphatic carbocycles. The summed E-state index contributed by atoms with van der Waals surface area (Å²) in [6, 6.07) is 14.1. The number of thioether (sulfide) groups is 1. The fourth-order valence-electron chi connectivity index (χ4n) is 2.40. The van der Waals surface area contributed by atoms with Gasteiger partial charge in [0.25, 0.3) is 5.69 Å². The van der Waals surface area contributed by atoms with E-state index in [1.54, 1.807) is 12.1 Å². The molecule has 0 spiro atoms. The molecule has 1 heterocycles. The van der Waals surface area contributed by atoms with Gasteiger partial charge in [-0.15, -0.1) is 0 Å². The summed E-state index contributed by atoms with van der Waals surface area (Å²) >= 11 is 1.35. The van der Waals surface area contributed by atoms with E-state index in [1.807, 2.05) is 31.2 Å². The van der Waals surface area contributed by atoms with Crippen molar-refractivity contribution >= 4 is 34.2 Å². The molecule has 1 fully saturated rings. The average molecular weight is 341 g/mol. The number of hydrogen-bond donors (Lipinski definition) is 1. The maximum atomic E-state index is 12.1. The minimum absolute atomic E-state index is 0.0321. The number of para-hydroxylation sites is 1. The van der Waals surface area contributed by atoms with E-state index >= 15 is 0 Å². The number of amidine groups is 1. The Balaban J connectivity index is 1.75. The van der Waals surface area contributed by atoms with Crippen molar-refractivity contribution in [1.29, 1.82) is 0 Å². The Bertz CT molecular complexity index is 835. The van der Waals surface area contributed by atoms with Crippen LogP contribution in [0.15, 0.2) is 53.5 Å². The van der Waals surface area contributed by atoms with Crippen LogP contribution in [0.3, 0.4) is 0 Å². The summed E-state index contributed by atoms with van der Waals surface area (Å²) in [6.45, 7) is 1.96. The molecule has 1 unspecified atom stereocenters. The van der Waals surface area contributed by atoms with Gasteiger partial charge in [-0.25, -0.2) is 4.99 Å². The topological polar surface area (TPSA) is 84.6 Å². The van der Waals surface area contributed by atoms with Crippen LogP contribution in [0.2, 0.25) is 0 Å². The highest BCUT2D eigenvalue weighted by Gasteiger charge is 2.30. The molecule has 7 heteroatoms. The van der Waals surface area contributed by atoms with E-state index in [2.05, 4.69) is 10.3 Å². The SMILES string of the molecule is Cc1ccccc1N=C1NC(=O)C(Cc2cccc([N+](=O)[O-])c2)S1. The van der Waals surface area contributed by atoms with Gasteiger partial charge in [0, 0.05) is 12.1 Å². The number of aliphatic imine (C=N–C) groups is 1. The molecule has 3 rings (SSSR count). The highest BCUT2D eigenvalue weighted by atomic mass is 32.2. The van der Waals surface area contributed by atoms with Gasteiger partial charge in [-0.05, 0) is 30.5 Å². The fraction of sp³-hybridized carbons (Fsp3) is 0.176. The Labute approximate surface area is 143 Å². The Hall–Kier alpha value is -2.67. The summed E-state index contributed by atoms with van der Waals surface area (Å²) in [5.74, 6) is -0.126. The third-order valence-corrected chi connectivity index (χ3v) is 4.74. The first-order valence-electron chi connectivity index (χ1n) is 7.38. The minimum Gasteiger partial charge on any atom is -0.304 e. The van der Waals surface area contributed by atoms with Gasteiger partial charge in [-0.1, -0.05) is 42.1 Å². The largest absolute Gasteiger partial charge is 0.304 e. The van der Waals surface area contributed by atoms with Crippen molar-refractivity contribution in [2.24, 2.45) is 4.99 Å². The van der Waals surface area contributed by atoms with E-state index in [-0.39, 0.29) is 16.8 Å². The van der Waals surface area contributed by atoms with Crippen LogP contribution < -0.4 is 5.32 Å². The summed E-state index contributed by atoms with van der Waals surface area (Å²) < 4.78 is 0. The smallest absolute Gasteiger partial charge is 0.269 e. The molecule has 1 saturated heterocycles. The van der Waals surface area contributed by atoms with Crippen molar-refractivity contribution in [1.82, 2.24) is 5.32 Å². The van der Waals surface area contributed by atoms with Crippen LogP contribution in [0.5, 0.6) is 0 Å². The van der Waals surface area contributed by atoms with Gasteiger partial charge in [0.2, 0.25) is 5.91 Å². The number of nitro benzene ring substituents is 1. The number of hydrogen-bond acceptors (Lipinski definition) is 5. The van der Waals surface area contributed by atoms with Crippen LogP contribution in [0.25, 0.3) is 0 Å². The van der Waals surface area contributed by atoms with Crippen LogP contribution in [0.4, 0.5) is 11.4 Å². The lowest BCUT2D eigenvalue weighted by Gasteiger charge is -2.05. The molecule has 0 saturated carbocycles. The van der Waals surface area contributed by atoms with E-state index < -0.39 is 4.92 Å². The van der Waals surface area contributed by atoms with Gasteiger partial charge in [0.05, 0.1) is 15.9 Å². The highest BCUT2D eigenvalue weighted by Crippen LogP contribution is 2.27. The molecule has 6 nitrogen and oxygen atoms in total. The number of carbonyl (C=O) groups is 1. The summed E-state index contributed by atoms with van der Waals surface area (Å²) in [5, 5.41) is 13.8. The zero-order valence-corrected chi connectivity index (χ0v) is 13.7. The number of aryl methyl sites for hydroxylation is 1. The van der Waals surface area contributed by atoms with Crippen LogP contribution in [0.1, 0.15) is 11.1 Å². The molecule has 122 valence electrons. The van der Waals surface area contributed by atoms with Crippen molar-refractivity contribution in [3.05, 3.63) is 69.8 Å². The van der Waals surface area contributed by atoms with E-state index in [1.165, 1.54) is 23.9 Å². The molecule has 1 aliphatic rings. The Kier molecular flexibility index (Phi) is 4.61. The van der Waals surface area contributed by atoms with Crippen LogP contribution in [0, 0.1) is 17.0 Å². The van der Waals surface area contributed by atoms with Gasteiger partial charge in [-0.3, -0.25) is 14.9 Å². The van der Waals surface area contributed by atoms with Crippen LogP contribution in [-0.2, 0) is 11.2 Å². The van der Waals surface area contributed by atoms with E-state index in [4.69, 9.17) is 0 Å². The fourth-order valence-corrected chi connectivity index (χ4v) is 3.42. The first-order chi connectivity index (χ1) is 11.5. The normalized spacial score (nSPS) is 18.6. The first-order valence-corrected chi connectivity index (χ1v) is 8.26. The Morgan fingerprint density at radius 1 is 1.25 bits per heavy atom. The van der Waals surface area contributed by atoms with Crippen molar-refractivity contribution < 1.29 is 9.72 Å². The monoisotopic (exact) mass is 341 g/mol. The number of rotatable bonds is 4. The zero-order chi connectivity index (χ0) is 17.1. The molecule has 0 aromatic heterocycles. The van der Waals surface area contributed by atoms with Gasteiger partial charge in [0.1, 0.15) is 0 Å². The summed E-state index contributed by atoms with van der Waals surface area (Å²) in [7, 11) is 0. The minimum atomic E-state index is -0.434. The maximum absolute atomic E-state index is 12.1. The second-order valence-corrected chi connectivity index (χ2v) is 6.62. The number of nitrogens with zero attached hydrogens (tertiary/aromatic N) is 2. The number of nitro groups is 1. The van der Waals surface area contributed by atoms with Gasteiger partial charge in [-0.2, -0.15) is 0 Å². The number of carbonyl (C=O) groups excluding carboxylic acids is 1. The maximum Gasteiger partial charge on any atom is 0.269 e. The second kappa shape index (κ2) is 6.84. The number of amides is 1. The van der Waals surface area contributed by atoms with Gasteiger partial charge >= 0.3 is 0 Å². The molecule has 1 N–H and O–H groups in total. The van der Waals surface area contributed by atoms with Crippen LogP contribution >= 0.6 is 11.8 Å². The molecular weight excluding hydrogens is 326 g/mol. The molecule has 0 bridgehead atoms. The van der Waals surface area contributed by atoms with Gasteiger partial charge in [0.15, 0.2) is 5.17 Å². The predicted octanol–water partition coefficient (Wildman–Crippen LogP) is 3.37. The average Bonchev–Trinajstić information content (AvgIpc) is 2.89. The highest BCUT2D eigenvalue weighted by molar-refractivity contribution is 8.15. The molecule has 1 amide bonds. The molecule has 1 aliphatic heterocycles. The third kappa shape index (κ3) is 3.62. The first kappa shape index (κ1) is 16.2. The predicted molar refractivity (Wildman–Crippen MR) is 94.6 cm³/mol. The molecular formula is C17H15N3O3S. The van der Waals surface area contributed by atoms with E-state index in [0.29, 0.717) is 11.6 Å². The molecule has 24 heavy (non-hydrogen) atoms. The second-order valence-electron chi connectivity index (χ2n) is 5.43. The molecule has 2 aromatic rings. The molecule has 1 atom stereocenters. The lowest BCUT2D eigenvalue weighted by molar-refractivity contribution is -0.384. The summed E-state index contributed by atoms with van der Waals surface area (Å²) in [5.41, 5.74) is 2.64. The molecule has 2 aromatic carbocycles. The van der Waals surface area contributed by atoms with Crippen molar-refractivity contribution in [2.45, 2.75) is 18.6 Å². The van der Waals surface area contributed by atoms with Crippen molar-refractivity contribution in [3.8, 4) is 0 Å². The summed E-state index contributed by atoms with van der Waals surface area (Å²) in [6.07, 6.45) is 0.422. The lowest BCUT2D eigenvalue weighted by Crippen LogP contribution is -2.26. The van der Waals surface area contributed by atoms with Crippen LogP contribution in [-0.4, -0.2) is 21.2 Å².